The Kier molecular flexibility index (Phi) is 12.7. The van der Waals surface area contributed by atoms with Crippen molar-refractivity contribution >= 4 is 43.8 Å². The smallest absolute Gasteiger partial charge is 0.321 e. The molecule has 0 amide bonds. The molecule has 2 heterocycles. The van der Waals surface area contributed by atoms with Crippen molar-refractivity contribution < 1.29 is 9.47 Å². The summed E-state index contributed by atoms with van der Waals surface area (Å²) in [4.78, 5) is 27.5. The maximum atomic E-state index is 5.53. The van der Waals surface area contributed by atoms with Crippen LogP contribution in [-0.2, 0) is 0 Å². The van der Waals surface area contributed by atoms with E-state index in [2.05, 4.69) is 61.8 Å². The molecule has 0 radical (unpaired) electrons. The summed E-state index contributed by atoms with van der Waals surface area (Å²) in [5.41, 5.74) is 5.53. The summed E-state index contributed by atoms with van der Waals surface area (Å²) in [5.74, 6) is 0.780. The van der Waals surface area contributed by atoms with Gasteiger partial charge in [0.05, 0.1) is 14.2 Å². The van der Waals surface area contributed by atoms with Crippen molar-refractivity contribution in [1.82, 2.24) is 29.9 Å². The predicted octanol–water partition coefficient (Wildman–Crippen LogP) is 4.60. The molecule has 0 aliphatic heterocycles. The quantitative estimate of drug-likeness (QED) is 0.284. The summed E-state index contributed by atoms with van der Waals surface area (Å²) >= 11 is 6.62. The second-order valence-electron chi connectivity index (χ2n) is 7.26. The maximum Gasteiger partial charge on any atom is 0.321 e. The van der Waals surface area contributed by atoms with Crippen LogP contribution in [0.25, 0.3) is 0 Å². The zero-order chi connectivity index (χ0) is 23.2. The molecule has 0 spiro atoms. The van der Waals surface area contributed by atoms with Gasteiger partial charge in [0.1, 0.15) is 0 Å². The maximum absolute atomic E-state index is 5.53. The van der Waals surface area contributed by atoms with Gasteiger partial charge < -0.3 is 15.2 Å². The fraction of sp³-hybridized carbons (Fsp3) is 0.700. The number of aromatic nitrogens is 6. The van der Waals surface area contributed by atoms with Crippen molar-refractivity contribution in [2.24, 2.45) is 5.73 Å². The third-order valence-corrected chi connectivity index (χ3v) is 5.54. The van der Waals surface area contributed by atoms with Crippen LogP contribution in [0, 0.1) is 0 Å². The fourth-order valence-electron chi connectivity index (χ4n) is 3.19. The molecule has 2 rings (SSSR count). The van der Waals surface area contributed by atoms with E-state index in [0.717, 1.165) is 25.8 Å². The average molecular weight is 576 g/mol. The van der Waals surface area contributed by atoms with E-state index in [4.69, 9.17) is 15.2 Å². The first-order valence-corrected chi connectivity index (χ1v) is 12.5. The standard InChI is InChI=1S/C20H32Br2N8O2/c1-31-19-26-15(21)24-17(28-19)30(18-25-16(22)27-20(29-18)32-2)14-12-10-8-6-4-3-5-7-9-11-13-23/h3-14,23H2,1-2H3. The van der Waals surface area contributed by atoms with E-state index in [9.17, 15) is 0 Å². The van der Waals surface area contributed by atoms with E-state index >= 15 is 0 Å². The minimum absolute atomic E-state index is 0.207. The van der Waals surface area contributed by atoms with Crippen LogP contribution in [0.15, 0.2) is 9.47 Å². The Hall–Kier alpha value is -1.66. The highest BCUT2D eigenvalue weighted by molar-refractivity contribution is 9.10. The zero-order valence-electron chi connectivity index (χ0n) is 18.8. The van der Waals surface area contributed by atoms with Crippen molar-refractivity contribution in [2.75, 3.05) is 32.2 Å². The Morgan fingerprint density at radius 1 is 0.625 bits per heavy atom. The third kappa shape index (κ3) is 9.45. The molecule has 12 heteroatoms. The van der Waals surface area contributed by atoms with Gasteiger partial charge in [-0.3, -0.25) is 4.90 Å². The van der Waals surface area contributed by atoms with E-state index in [1.165, 1.54) is 59.2 Å². The Labute approximate surface area is 206 Å². The number of hydrogen-bond donors (Lipinski definition) is 1. The van der Waals surface area contributed by atoms with Crippen molar-refractivity contribution in [1.29, 1.82) is 0 Å². The molecule has 0 atom stereocenters. The fourth-order valence-corrected chi connectivity index (χ4v) is 3.81. The minimum Gasteiger partial charge on any atom is -0.467 e. The van der Waals surface area contributed by atoms with Gasteiger partial charge in [0, 0.05) is 6.54 Å². The predicted molar refractivity (Wildman–Crippen MR) is 130 cm³/mol. The molecule has 10 nitrogen and oxygen atoms in total. The number of nitrogens with two attached hydrogens (primary N) is 1. The second-order valence-corrected chi connectivity index (χ2v) is 8.68. The van der Waals surface area contributed by atoms with E-state index in [1.54, 1.807) is 0 Å². The summed E-state index contributed by atoms with van der Waals surface area (Å²) in [6.07, 6.45) is 12.0. The highest BCUT2D eigenvalue weighted by Crippen LogP contribution is 2.25. The number of hydrogen-bond acceptors (Lipinski definition) is 10. The average Bonchev–Trinajstić information content (AvgIpc) is 2.78. The van der Waals surface area contributed by atoms with Crippen LogP contribution in [0.1, 0.15) is 64.2 Å². The van der Waals surface area contributed by atoms with Gasteiger partial charge in [-0.2, -0.15) is 29.9 Å². The third-order valence-electron chi connectivity index (χ3n) is 4.84. The summed E-state index contributed by atoms with van der Waals surface area (Å²) in [5, 5.41) is 0. The van der Waals surface area contributed by atoms with Crippen LogP contribution < -0.4 is 20.1 Å². The molecule has 0 aliphatic carbocycles. The number of methoxy groups -OCH3 is 2. The number of halogens is 2. The number of unbranched alkanes of at least 4 members (excludes halogenated alkanes) is 9. The van der Waals surface area contributed by atoms with E-state index < -0.39 is 0 Å². The van der Waals surface area contributed by atoms with Gasteiger partial charge in [0.15, 0.2) is 0 Å². The first-order valence-electron chi connectivity index (χ1n) is 11.0. The lowest BCUT2D eigenvalue weighted by molar-refractivity contribution is 0.375. The molecule has 178 valence electrons. The Morgan fingerprint density at radius 2 is 1.03 bits per heavy atom. The van der Waals surface area contributed by atoms with Crippen molar-refractivity contribution in [3.63, 3.8) is 0 Å². The summed E-state index contributed by atoms with van der Waals surface area (Å²) in [6.45, 7) is 1.44. The first-order chi connectivity index (χ1) is 15.6. The van der Waals surface area contributed by atoms with Gasteiger partial charge in [-0.05, 0) is 51.2 Å². The van der Waals surface area contributed by atoms with Gasteiger partial charge in [-0.25, -0.2) is 0 Å². The molecule has 0 bridgehead atoms. The number of rotatable bonds is 16. The second kappa shape index (κ2) is 15.2. The Balaban J connectivity index is 1.94. The topological polar surface area (TPSA) is 125 Å². The molecular formula is C20H32Br2N8O2. The number of nitrogens with zero attached hydrogens (tertiary/aromatic N) is 7. The molecule has 0 saturated carbocycles. The van der Waals surface area contributed by atoms with E-state index in [1.807, 2.05) is 4.90 Å². The molecule has 2 N–H and O–H groups in total. The van der Waals surface area contributed by atoms with Gasteiger partial charge >= 0.3 is 12.0 Å². The van der Waals surface area contributed by atoms with Gasteiger partial charge in [0.25, 0.3) is 0 Å². The molecule has 0 aliphatic rings. The molecule has 32 heavy (non-hydrogen) atoms. The zero-order valence-corrected chi connectivity index (χ0v) is 21.9. The molecule has 0 saturated heterocycles. The highest BCUT2D eigenvalue weighted by atomic mass is 79.9. The van der Waals surface area contributed by atoms with Crippen LogP contribution in [-0.4, -0.2) is 57.2 Å². The van der Waals surface area contributed by atoms with Gasteiger partial charge in [-0.15, -0.1) is 0 Å². The molecule has 0 aromatic carbocycles. The Morgan fingerprint density at radius 3 is 1.44 bits per heavy atom. The minimum atomic E-state index is 0.207. The SMILES string of the molecule is COc1nc(Br)nc(N(CCCCCCCCCCCCN)c2nc(Br)nc(OC)n2)n1. The first kappa shape index (κ1) is 26.6. The van der Waals surface area contributed by atoms with Crippen LogP contribution in [0.4, 0.5) is 11.9 Å². The molecule has 0 fully saturated rings. The Bertz CT molecular complexity index is 762. The van der Waals surface area contributed by atoms with Crippen LogP contribution >= 0.6 is 31.9 Å². The summed E-state index contributed by atoms with van der Waals surface area (Å²) < 4.78 is 11.1. The van der Waals surface area contributed by atoms with Crippen LogP contribution in [0.3, 0.4) is 0 Å². The lowest BCUT2D eigenvalue weighted by Gasteiger charge is -2.21. The van der Waals surface area contributed by atoms with E-state index in [-0.39, 0.29) is 12.0 Å². The summed E-state index contributed by atoms with van der Waals surface area (Å²) in [7, 11) is 3.02. The largest absolute Gasteiger partial charge is 0.467 e. The van der Waals surface area contributed by atoms with Crippen LogP contribution in [0.2, 0.25) is 0 Å². The molecular weight excluding hydrogens is 544 g/mol. The van der Waals surface area contributed by atoms with Crippen molar-refractivity contribution in [3.8, 4) is 12.0 Å². The van der Waals surface area contributed by atoms with E-state index in [0.29, 0.717) is 27.9 Å². The van der Waals surface area contributed by atoms with Gasteiger partial charge in [-0.1, -0.05) is 51.4 Å². The lowest BCUT2D eigenvalue weighted by atomic mass is 10.1. The molecule has 0 unspecified atom stereocenters. The summed E-state index contributed by atoms with van der Waals surface area (Å²) in [6, 6.07) is 0.414. The highest BCUT2D eigenvalue weighted by Gasteiger charge is 2.20. The monoisotopic (exact) mass is 574 g/mol. The van der Waals surface area contributed by atoms with Gasteiger partial charge in [0.2, 0.25) is 21.4 Å². The van der Waals surface area contributed by atoms with Crippen molar-refractivity contribution in [3.05, 3.63) is 9.47 Å². The van der Waals surface area contributed by atoms with Crippen LogP contribution in [0.5, 0.6) is 12.0 Å². The normalized spacial score (nSPS) is 10.9. The number of ether oxygens (including phenoxy) is 2. The lowest BCUT2D eigenvalue weighted by Crippen LogP contribution is -2.24. The van der Waals surface area contributed by atoms with Crippen molar-refractivity contribution in [2.45, 2.75) is 64.2 Å². The molecule has 2 aromatic rings. The molecule has 2 aromatic heterocycles. The number of anilines is 2.